The van der Waals surface area contributed by atoms with Crippen LogP contribution in [0.2, 0.25) is 0 Å². The molecule has 0 saturated heterocycles. The average Bonchev–Trinajstić information content (AvgIpc) is 2.45. The first-order chi connectivity index (χ1) is 9.85. The van der Waals surface area contributed by atoms with E-state index in [1.807, 2.05) is 0 Å². The predicted octanol–water partition coefficient (Wildman–Crippen LogP) is 6.19. The smallest absolute Gasteiger partial charge is 0.0441 e. The molecule has 0 aromatic heterocycles. The summed E-state index contributed by atoms with van der Waals surface area (Å²) in [4.78, 5) is 0. The van der Waals surface area contributed by atoms with Crippen LogP contribution < -0.4 is 0 Å². The Morgan fingerprint density at radius 1 is 0.700 bits per heavy atom. The van der Waals surface area contributed by atoms with Crippen LogP contribution in [0.25, 0.3) is 0 Å². The number of rotatable bonds is 16. The molecule has 0 aliphatic heterocycles. The summed E-state index contributed by atoms with van der Waals surface area (Å²) >= 11 is 2.09. The van der Waals surface area contributed by atoms with E-state index in [-0.39, 0.29) is 0 Å². The molecular weight excluding hydrogens is 264 g/mol. The fourth-order valence-electron chi connectivity index (χ4n) is 2.62. The summed E-state index contributed by atoms with van der Waals surface area (Å²) in [5.74, 6) is 1.29. The maximum absolute atomic E-state index is 9.03. The minimum absolute atomic E-state index is 0.357. The van der Waals surface area contributed by atoms with Crippen molar-refractivity contribution in [1.82, 2.24) is 0 Å². The SMILES string of the molecule is CCCCCCCCCCCCSC(CCC)CCO. The Morgan fingerprint density at radius 2 is 1.25 bits per heavy atom. The molecule has 0 aromatic rings. The molecule has 1 atom stereocenters. The van der Waals surface area contributed by atoms with E-state index in [0.717, 1.165) is 6.42 Å². The molecule has 0 fully saturated rings. The summed E-state index contributed by atoms with van der Waals surface area (Å²) in [6, 6.07) is 0. The van der Waals surface area contributed by atoms with Crippen LogP contribution in [0.1, 0.15) is 97.3 Å². The van der Waals surface area contributed by atoms with E-state index in [4.69, 9.17) is 5.11 Å². The molecule has 0 aliphatic rings. The van der Waals surface area contributed by atoms with Gasteiger partial charge in [0.1, 0.15) is 0 Å². The van der Waals surface area contributed by atoms with Crippen LogP contribution in [0.5, 0.6) is 0 Å². The van der Waals surface area contributed by atoms with Crippen LogP contribution in [0.3, 0.4) is 0 Å². The molecular formula is C18H38OS. The van der Waals surface area contributed by atoms with Crippen LogP contribution in [0.15, 0.2) is 0 Å². The van der Waals surface area contributed by atoms with Gasteiger partial charge in [-0.15, -0.1) is 0 Å². The second-order valence-corrected chi connectivity index (χ2v) is 7.38. The van der Waals surface area contributed by atoms with Gasteiger partial charge in [0.25, 0.3) is 0 Å². The number of hydrogen-bond acceptors (Lipinski definition) is 2. The van der Waals surface area contributed by atoms with Crippen LogP contribution in [-0.2, 0) is 0 Å². The highest BCUT2D eigenvalue weighted by molar-refractivity contribution is 7.99. The first kappa shape index (κ1) is 20.3. The highest BCUT2D eigenvalue weighted by Gasteiger charge is 2.06. The third-order valence-corrected chi connectivity index (χ3v) is 5.38. The van der Waals surface area contributed by atoms with E-state index >= 15 is 0 Å². The first-order valence-electron chi connectivity index (χ1n) is 9.07. The van der Waals surface area contributed by atoms with Crippen LogP contribution in [0, 0.1) is 0 Å². The maximum atomic E-state index is 9.03. The zero-order chi connectivity index (χ0) is 14.9. The lowest BCUT2D eigenvalue weighted by Gasteiger charge is -2.14. The van der Waals surface area contributed by atoms with Gasteiger partial charge in [0.2, 0.25) is 0 Å². The van der Waals surface area contributed by atoms with Gasteiger partial charge in [-0.25, -0.2) is 0 Å². The fourth-order valence-corrected chi connectivity index (χ4v) is 4.00. The van der Waals surface area contributed by atoms with Crippen molar-refractivity contribution in [2.75, 3.05) is 12.4 Å². The van der Waals surface area contributed by atoms with Crippen molar-refractivity contribution in [3.63, 3.8) is 0 Å². The lowest BCUT2D eigenvalue weighted by atomic mass is 10.1. The largest absolute Gasteiger partial charge is 0.396 e. The molecule has 0 saturated carbocycles. The van der Waals surface area contributed by atoms with Gasteiger partial charge in [0.05, 0.1) is 0 Å². The Balaban J connectivity index is 3.18. The molecule has 0 spiro atoms. The van der Waals surface area contributed by atoms with Crippen LogP contribution in [-0.4, -0.2) is 22.7 Å². The summed E-state index contributed by atoms with van der Waals surface area (Å²) in [7, 11) is 0. The van der Waals surface area contributed by atoms with E-state index < -0.39 is 0 Å². The molecule has 1 nitrogen and oxygen atoms in total. The van der Waals surface area contributed by atoms with Crippen LogP contribution in [0.4, 0.5) is 0 Å². The number of unbranched alkanes of at least 4 members (excludes halogenated alkanes) is 9. The number of hydrogen-bond donors (Lipinski definition) is 1. The second-order valence-electron chi connectivity index (χ2n) is 5.98. The standard InChI is InChI=1S/C18H38OS/c1-3-5-6-7-8-9-10-11-12-13-17-20-18(14-4-2)15-16-19/h18-19H,3-17H2,1-2H3. The Hall–Kier alpha value is 0.310. The lowest BCUT2D eigenvalue weighted by Crippen LogP contribution is -2.05. The van der Waals surface area contributed by atoms with Crippen molar-refractivity contribution in [2.24, 2.45) is 0 Å². The Labute approximate surface area is 132 Å². The van der Waals surface area contributed by atoms with Gasteiger partial charge in [-0.3, -0.25) is 0 Å². The number of thioether (sulfide) groups is 1. The van der Waals surface area contributed by atoms with Gasteiger partial charge in [-0.2, -0.15) is 11.8 Å². The molecule has 0 aromatic carbocycles. The van der Waals surface area contributed by atoms with Gasteiger partial charge in [-0.1, -0.05) is 78.1 Å². The van der Waals surface area contributed by atoms with Crippen molar-refractivity contribution < 1.29 is 5.11 Å². The van der Waals surface area contributed by atoms with Crippen molar-refractivity contribution >= 4 is 11.8 Å². The lowest BCUT2D eigenvalue weighted by molar-refractivity contribution is 0.285. The van der Waals surface area contributed by atoms with E-state index in [1.165, 1.54) is 82.8 Å². The molecule has 0 aliphatic carbocycles. The molecule has 0 rings (SSSR count). The van der Waals surface area contributed by atoms with E-state index in [9.17, 15) is 0 Å². The summed E-state index contributed by atoms with van der Waals surface area (Å²) in [5.41, 5.74) is 0. The summed E-state index contributed by atoms with van der Waals surface area (Å²) in [6.07, 6.45) is 17.7. The highest BCUT2D eigenvalue weighted by atomic mass is 32.2. The van der Waals surface area contributed by atoms with Gasteiger partial charge in [0.15, 0.2) is 0 Å². The van der Waals surface area contributed by atoms with Crippen molar-refractivity contribution in [2.45, 2.75) is 103 Å². The van der Waals surface area contributed by atoms with E-state index in [1.54, 1.807) is 0 Å². The van der Waals surface area contributed by atoms with Crippen LogP contribution >= 0.6 is 11.8 Å². The molecule has 20 heavy (non-hydrogen) atoms. The number of aliphatic hydroxyl groups excluding tert-OH is 1. The zero-order valence-corrected chi connectivity index (χ0v) is 14.9. The minimum atomic E-state index is 0.357. The third-order valence-electron chi connectivity index (χ3n) is 3.91. The molecule has 0 bridgehead atoms. The quantitative estimate of drug-likeness (QED) is 0.343. The topological polar surface area (TPSA) is 20.2 Å². The monoisotopic (exact) mass is 302 g/mol. The van der Waals surface area contributed by atoms with E-state index in [0.29, 0.717) is 11.9 Å². The fraction of sp³-hybridized carbons (Fsp3) is 1.00. The Kier molecular flexibility index (Phi) is 17.6. The third kappa shape index (κ3) is 14.7. The Bertz CT molecular complexity index is 167. The van der Waals surface area contributed by atoms with Gasteiger partial charge in [0, 0.05) is 11.9 Å². The maximum Gasteiger partial charge on any atom is 0.0441 e. The second kappa shape index (κ2) is 17.4. The Morgan fingerprint density at radius 3 is 1.75 bits per heavy atom. The summed E-state index contributed by atoms with van der Waals surface area (Å²) < 4.78 is 0. The van der Waals surface area contributed by atoms with Gasteiger partial charge >= 0.3 is 0 Å². The minimum Gasteiger partial charge on any atom is -0.396 e. The molecule has 2 heteroatoms. The summed E-state index contributed by atoms with van der Waals surface area (Å²) in [5, 5.41) is 9.72. The first-order valence-corrected chi connectivity index (χ1v) is 10.1. The van der Waals surface area contributed by atoms with E-state index in [2.05, 4.69) is 25.6 Å². The molecule has 0 amide bonds. The number of aliphatic hydroxyl groups is 1. The molecule has 0 heterocycles. The van der Waals surface area contributed by atoms with Crippen molar-refractivity contribution in [3.05, 3.63) is 0 Å². The predicted molar refractivity (Wildman–Crippen MR) is 94.7 cm³/mol. The van der Waals surface area contributed by atoms with Gasteiger partial charge < -0.3 is 5.11 Å². The molecule has 0 radical (unpaired) electrons. The van der Waals surface area contributed by atoms with Crippen molar-refractivity contribution in [1.29, 1.82) is 0 Å². The molecule has 1 unspecified atom stereocenters. The average molecular weight is 303 g/mol. The highest BCUT2D eigenvalue weighted by Crippen LogP contribution is 2.21. The zero-order valence-electron chi connectivity index (χ0n) is 14.0. The molecule has 1 N–H and O–H groups in total. The van der Waals surface area contributed by atoms with Crippen molar-refractivity contribution in [3.8, 4) is 0 Å². The normalized spacial score (nSPS) is 12.8. The molecule has 122 valence electrons. The van der Waals surface area contributed by atoms with Gasteiger partial charge in [-0.05, 0) is 25.0 Å². The summed E-state index contributed by atoms with van der Waals surface area (Å²) in [6.45, 7) is 4.88.